The van der Waals surface area contributed by atoms with Crippen LogP contribution < -0.4 is 4.74 Å². The Labute approximate surface area is 129 Å². The van der Waals surface area contributed by atoms with Gasteiger partial charge >= 0.3 is 6.18 Å². The molecular formula is C16H10F3NO3. The Morgan fingerprint density at radius 1 is 1.09 bits per heavy atom. The first-order chi connectivity index (χ1) is 10.8. The van der Waals surface area contributed by atoms with Gasteiger partial charge in [-0.25, -0.2) is 0 Å². The molecule has 0 saturated carbocycles. The number of methoxy groups -OCH3 is 1. The molecule has 2 aromatic carbocycles. The van der Waals surface area contributed by atoms with Crippen molar-refractivity contribution in [3.05, 3.63) is 64.4 Å². The number of nitrogens with zero attached hydrogens (tertiary/aromatic N) is 1. The van der Waals surface area contributed by atoms with Crippen LogP contribution >= 0.6 is 0 Å². The minimum absolute atomic E-state index is 0.111. The lowest BCUT2D eigenvalue weighted by Crippen LogP contribution is -2.17. The van der Waals surface area contributed by atoms with Gasteiger partial charge in [0, 0.05) is 6.07 Å². The molecule has 118 valence electrons. The highest BCUT2D eigenvalue weighted by Gasteiger charge is 2.39. The minimum atomic E-state index is -4.48. The first kappa shape index (κ1) is 15.1. The Balaban J connectivity index is 2.08. The average molecular weight is 321 g/mol. The Morgan fingerprint density at radius 3 is 2.30 bits per heavy atom. The van der Waals surface area contributed by atoms with E-state index in [1.807, 2.05) is 0 Å². The predicted molar refractivity (Wildman–Crippen MR) is 76.2 cm³/mol. The van der Waals surface area contributed by atoms with Crippen LogP contribution in [0.2, 0.25) is 0 Å². The summed E-state index contributed by atoms with van der Waals surface area (Å²) in [5.41, 5.74) is -0.724. The van der Waals surface area contributed by atoms with Crippen LogP contribution in [-0.4, -0.2) is 23.3 Å². The summed E-state index contributed by atoms with van der Waals surface area (Å²) in [5.74, 6) is -0.331. The van der Waals surface area contributed by atoms with Crippen LogP contribution in [0.3, 0.4) is 0 Å². The zero-order valence-electron chi connectivity index (χ0n) is 11.8. The number of hydrogen-bond donors (Lipinski definition) is 0. The van der Waals surface area contributed by atoms with Crippen LogP contribution in [0.15, 0.2) is 42.5 Å². The topological polar surface area (TPSA) is 52.4 Å². The monoisotopic (exact) mass is 321 g/mol. The number of benzene rings is 2. The maximum atomic E-state index is 12.6. The second kappa shape index (κ2) is 5.12. The fourth-order valence-corrected chi connectivity index (χ4v) is 2.48. The first-order valence-corrected chi connectivity index (χ1v) is 6.58. The summed E-state index contributed by atoms with van der Waals surface area (Å²) in [5, 5.41) is 12.3. The number of rotatable bonds is 2. The Hall–Kier alpha value is -2.83. The van der Waals surface area contributed by atoms with Crippen molar-refractivity contribution in [2.45, 2.75) is 6.18 Å². The zero-order valence-corrected chi connectivity index (χ0v) is 11.8. The molecule has 0 radical (unpaired) electrons. The molecule has 0 aliphatic carbocycles. The van der Waals surface area contributed by atoms with Gasteiger partial charge in [0.1, 0.15) is 11.3 Å². The fourth-order valence-electron chi connectivity index (χ4n) is 2.48. The molecule has 0 bridgehead atoms. The Bertz CT molecular complexity index is 823. The van der Waals surface area contributed by atoms with Crippen LogP contribution in [0.1, 0.15) is 21.5 Å². The van der Waals surface area contributed by atoms with Crippen molar-refractivity contribution in [2.75, 3.05) is 7.11 Å². The number of Topliss-reactive ketones (excluding diaryl/α,β-unsaturated/α-hetero) is 1. The quantitative estimate of drug-likeness (QED) is 0.628. The molecule has 0 N–H and O–H groups in total. The lowest BCUT2D eigenvalue weighted by molar-refractivity contribution is -0.355. The fraction of sp³-hybridized carbons (Fsp3) is 0.125. The third-order valence-electron chi connectivity index (χ3n) is 3.57. The first-order valence-electron chi connectivity index (χ1n) is 6.58. The summed E-state index contributed by atoms with van der Waals surface area (Å²) in [6.07, 6.45) is -4.48. The standard InChI is InChI=1S/C16H10F3NO3/c1-23-12-4-2-3-11-13(12)15(21)14(20(11)22)9-5-7-10(8-6-9)16(17,18)19/h2-8H,1H3. The average Bonchev–Trinajstić information content (AvgIpc) is 2.78. The maximum Gasteiger partial charge on any atom is 0.416 e. The van der Waals surface area contributed by atoms with E-state index in [9.17, 15) is 23.2 Å². The molecular weight excluding hydrogens is 311 g/mol. The second-order valence-electron chi connectivity index (χ2n) is 4.90. The zero-order chi connectivity index (χ0) is 16.8. The highest BCUT2D eigenvalue weighted by Crippen LogP contribution is 2.35. The summed E-state index contributed by atoms with van der Waals surface area (Å²) < 4.78 is 43.3. The normalized spacial score (nSPS) is 14.2. The molecule has 0 saturated heterocycles. The highest BCUT2D eigenvalue weighted by atomic mass is 19.4. The van der Waals surface area contributed by atoms with Gasteiger partial charge in [0.25, 0.3) is 11.5 Å². The van der Waals surface area contributed by atoms with Crippen molar-refractivity contribution < 1.29 is 27.4 Å². The summed E-state index contributed by atoms with van der Waals surface area (Å²) in [4.78, 5) is 12.5. The molecule has 0 aromatic heterocycles. The van der Waals surface area contributed by atoms with E-state index < -0.39 is 17.5 Å². The van der Waals surface area contributed by atoms with Gasteiger partial charge < -0.3 is 9.94 Å². The van der Waals surface area contributed by atoms with E-state index in [1.54, 1.807) is 12.1 Å². The number of halogens is 3. The Kier molecular flexibility index (Phi) is 3.35. The van der Waals surface area contributed by atoms with Crippen molar-refractivity contribution in [3.8, 4) is 5.75 Å². The molecule has 0 atom stereocenters. The molecule has 0 unspecified atom stereocenters. The van der Waals surface area contributed by atoms with Gasteiger partial charge in [0.2, 0.25) is 5.69 Å². The van der Waals surface area contributed by atoms with Crippen molar-refractivity contribution in [1.82, 2.24) is 0 Å². The molecule has 2 aromatic rings. The van der Waals surface area contributed by atoms with Gasteiger partial charge in [0.05, 0.1) is 18.2 Å². The van der Waals surface area contributed by atoms with E-state index in [4.69, 9.17) is 4.74 Å². The number of carbonyl (C=O) groups excluding carboxylic acids is 1. The van der Waals surface area contributed by atoms with Crippen LogP contribution in [-0.2, 0) is 6.18 Å². The highest BCUT2D eigenvalue weighted by molar-refractivity contribution is 6.52. The third kappa shape index (κ3) is 2.34. The number of alkyl halides is 3. The summed E-state index contributed by atoms with van der Waals surface area (Å²) in [6, 6.07) is 8.46. The molecule has 1 aliphatic heterocycles. The summed E-state index contributed by atoms with van der Waals surface area (Å²) >= 11 is 0. The van der Waals surface area contributed by atoms with Crippen molar-refractivity contribution in [1.29, 1.82) is 0 Å². The SMILES string of the molecule is COc1cccc2c1C(=O)C(c1ccc(C(F)(F)F)cc1)=[N+]2[O-]. The van der Waals surface area contributed by atoms with E-state index >= 15 is 0 Å². The Morgan fingerprint density at radius 2 is 1.74 bits per heavy atom. The summed E-state index contributed by atoms with van der Waals surface area (Å²) in [7, 11) is 1.37. The number of carbonyl (C=O) groups is 1. The number of ether oxygens (including phenoxy) is 1. The van der Waals surface area contributed by atoms with E-state index in [-0.39, 0.29) is 28.3 Å². The van der Waals surface area contributed by atoms with E-state index in [1.165, 1.54) is 13.2 Å². The number of hydrogen-bond acceptors (Lipinski definition) is 3. The van der Waals surface area contributed by atoms with Gasteiger partial charge in [-0.15, -0.1) is 0 Å². The second-order valence-corrected chi connectivity index (χ2v) is 4.90. The van der Waals surface area contributed by atoms with Gasteiger partial charge in [0.15, 0.2) is 0 Å². The smallest absolute Gasteiger partial charge is 0.416 e. The van der Waals surface area contributed by atoms with Crippen LogP contribution in [0.25, 0.3) is 0 Å². The molecule has 0 fully saturated rings. The molecule has 23 heavy (non-hydrogen) atoms. The number of ketones is 1. The number of fused-ring (bicyclic) bond motifs is 1. The summed E-state index contributed by atoms with van der Waals surface area (Å²) in [6.45, 7) is 0. The third-order valence-corrected chi connectivity index (χ3v) is 3.57. The van der Waals surface area contributed by atoms with Crippen molar-refractivity contribution in [3.63, 3.8) is 0 Å². The maximum absolute atomic E-state index is 12.6. The van der Waals surface area contributed by atoms with Crippen molar-refractivity contribution >= 4 is 17.2 Å². The van der Waals surface area contributed by atoms with E-state index in [0.29, 0.717) is 4.74 Å². The lowest BCUT2D eigenvalue weighted by atomic mass is 10.0. The minimum Gasteiger partial charge on any atom is -0.618 e. The van der Waals surface area contributed by atoms with Crippen LogP contribution in [0.5, 0.6) is 5.75 Å². The molecule has 0 amide bonds. The van der Waals surface area contributed by atoms with E-state index in [0.717, 1.165) is 24.3 Å². The van der Waals surface area contributed by atoms with Gasteiger partial charge in [-0.05, 0) is 30.3 Å². The molecule has 4 nitrogen and oxygen atoms in total. The van der Waals surface area contributed by atoms with Gasteiger partial charge in [-0.2, -0.15) is 17.9 Å². The van der Waals surface area contributed by atoms with E-state index in [2.05, 4.69) is 0 Å². The van der Waals surface area contributed by atoms with Gasteiger partial charge in [-0.1, -0.05) is 6.07 Å². The largest absolute Gasteiger partial charge is 0.618 e. The van der Waals surface area contributed by atoms with Gasteiger partial charge in [-0.3, -0.25) is 4.79 Å². The molecule has 7 heteroatoms. The lowest BCUT2D eigenvalue weighted by Gasteiger charge is -2.07. The predicted octanol–water partition coefficient (Wildman–Crippen LogP) is 3.54. The van der Waals surface area contributed by atoms with Crippen LogP contribution in [0, 0.1) is 5.21 Å². The van der Waals surface area contributed by atoms with Crippen LogP contribution in [0.4, 0.5) is 18.9 Å². The molecule has 0 spiro atoms. The molecule has 1 heterocycles. The molecule has 3 rings (SSSR count). The molecule has 1 aliphatic rings. The van der Waals surface area contributed by atoms with Crippen molar-refractivity contribution in [2.24, 2.45) is 0 Å².